The van der Waals surface area contributed by atoms with Crippen LogP contribution in [0.5, 0.6) is 0 Å². The third-order valence-electron chi connectivity index (χ3n) is 6.35. The van der Waals surface area contributed by atoms with Crippen molar-refractivity contribution in [1.82, 2.24) is 9.88 Å². The SMILES string of the molecule is C[C@@H]1CN(C(=O)[C@@H]2CC(=O)c3sc(NC(=O)CC4CCCCC4)nc3C2)C[C@H](C)O1. The summed E-state index contributed by atoms with van der Waals surface area (Å²) in [6.45, 7) is 5.03. The number of ketones is 1. The molecule has 7 nitrogen and oxygen atoms in total. The molecule has 4 rings (SSSR count). The van der Waals surface area contributed by atoms with Crippen molar-refractivity contribution in [2.24, 2.45) is 11.8 Å². The summed E-state index contributed by atoms with van der Waals surface area (Å²) in [4.78, 5) is 45.1. The second-order valence-electron chi connectivity index (χ2n) is 9.08. The van der Waals surface area contributed by atoms with Crippen molar-refractivity contribution in [3.63, 3.8) is 0 Å². The van der Waals surface area contributed by atoms with Crippen LogP contribution in [0.4, 0.5) is 5.13 Å². The van der Waals surface area contributed by atoms with Crippen molar-refractivity contribution in [3.8, 4) is 0 Å². The van der Waals surface area contributed by atoms with Crippen molar-refractivity contribution in [2.75, 3.05) is 18.4 Å². The number of nitrogens with zero attached hydrogens (tertiary/aromatic N) is 2. The van der Waals surface area contributed by atoms with Crippen LogP contribution in [0.3, 0.4) is 0 Å². The standard InChI is InChI=1S/C22H31N3O4S/c1-13-11-25(12-14(2)29-13)21(28)16-9-17-20(18(26)10-16)30-22(23-17)24-19(27)8-15-6-4-3-5-7-15/h13-16H,3-12H2,1-2H3,(H,23,24,27)/t13-,14+,16-/m0/s1. The second kappa shape index (κ2) is 9.14. The smallest absolute Gasteiger partial charge is 0.226 e. The van der Waals surface area contributed by atoms with Crippen LogP contribution in [-0.2, 0) is 20.7 Å². The Labute approximate surface area is 181 Å². The first kappa shape index (κ1) is 21.4. The van der Waals surface area contributed by atoms with Gasteiger partial charge >= 0.3 is 0 Å². The normalized spacial score (nSPS) is 27.6. The zero-order valence-corrected chi connectivity index (χ0v) is 18.6. The Kier molecular flexibility index (Phi) is 6.53. The van der Waals surface area contributed by atoms with Crippen molar-refractivity contribution < 1.29 is 19.1 Å². The molecule has 30 heavy (non-hydrogen) atoms. The van der Waals surface area contributed by atoms with Crippen LogP contribution in [-0.4, -0.2) is 52.8 Å². The molecule has 0 radical (unpaired) electrons. The molecule has 3 aliphatic rings. The second-order valence-corrected chi connectivity index (χ2v) is 10.1. The van der Waals surface area contributed by atoms with E-state index >= 15 is 0 Å². The lowest BCUT2D eigenvalue weighted by Gasteiger charge is -2.37. The summed E-state index contributed by atoms with van der Waals surface area (Å²) in [5.74, 6) is 0.0103. The van der Waals surface area contributed by atoms with Gasteiger partial charge in [-0.2, -0.15) is 0 Å². The summed E-state index contributed by atoms with van der Waals surface area (Å²) in [5, 5.41) is 3.37. The van der Waals surface area contributed by atoms with E-state index in [1.54, 1.807) is 0 Å². The number of nitrogens with one attached hydrogen (secondary N) is 1. The minimum absolute atomic E-state index is 0.00203. The molecule has 1 aromatic heterocycles. The minimum Gasteiger partial charge on any atom is -0.372 e. The Bertz CT molecular complexity index is 807. The number of rotatable bonds is 4. The van der Waals surface area contributed by atoms with Gasteiger partial charge in [0.05, 0.1) is 28.7 Å². The molecule has 1 aromatic rings. The lowest BCUT2D eigenvalue weighted by molar-refractivity contribution is -0.147. The summed E-state index contributed by atoms with van der Waals surface area (Å²) < 4.78 is 5.71. The molecule has 0 aromatic carbocycles. The van der Waals surface area contributed by atoms with Crippen LogP contribution in [0.2, 0.25) is 0 Å². The molecular weight excluding hydrogens is 402 g/mol. The minimum atomic E-state index is -0.379. The highest BCUT2D eigenvalue weighted by Gasteiger charge is 2.37. The predicted octanol–water partition coefficient (Wildman–Crippen LogP) is 3.43. The van der Waals surface area contributed by atoms with Crippen LogP contribution in [0.1, 0.15) is 74.2 Å². The lowest BCUT2D eigenvalue weighted by Crippen LogP contribution is -2.51. The lowest BCUT2D eigenvalue weighted by atomic mass is 9.87. The number of thiazole rings is 1. The van der Waals surface area contributed by atoms with E-state index in [0.29, 0.717) is 47.6 Å². The van der Waals surface area contributed by atoms with E-state index in [1.807, 2.05) is 18.7 Å². The number of hydrogen-bond donors (Lipinski definition) is 1. The van der Waals surface area contributed by atoms with E-state index in [4.69, 9.17) is 4.74 Å². The van der Waals surface area contributed by atoms with E-state index in [1.165, 1.54) is 30.6 Å². The molecule has 8 heteroatoms. The Morgan fingerprint density at radius 2 is 1.83 bits per heavy atom. The molecule has 0 spiro atoms. The number of hydrogen-bond acceptors (Lipinski definition) is 6. The summed E-state index contributed by atoms with van der Waals surface area (Å²) in [6, 6.07) is 0. The highest BCUT2D eigenvalue weighted by molar-refractivity contribution is 7.17. The Morgan fingerprint density at radius 3 is 2.53 bits per heavy atom. The van der Waals surface area contributed by atoms with Gasteiger partial charge in [0.25, 0.3) is 0 Å². The summed E-state index contributed by atoms with van der Waals surface area (Å²) in [5.41, 5.74) is 0.650. The number of carbonyl (C=O) groups excluding carboxylic acids is 3. The maximum atomic E-state index is 13.0. The van der Waals surface area contributed by atoms with E-state index in [-0.39, 0.29) is 42.1 Å². The fourth-order valence-corrected chi connectivity index (χ4v) is 5.96. The quantitative estimate of drug-likeness (QED) is 0.786. The zero-order valence-electron chi connectivity index (χ0n) is 17.8. The molecule has 3 atom stereocenters. The van der Waals surface area contributed by atoms with Crippen molar-refractivity contribution in [3.05, 3.63) is 10.6 Å². The predicted molar refractivity (Wildman–Crippen MR) is 115 cm³/mol. The van der Waals surface area contributed by atoms with Crippen LogP contribution >= 0.6 is 11.3 Å². The Morgan fingerprint density at radius 1 is 1.13 bits per heavy atom. The van der Waals surface area contributed by atoms with Gasteiger partial charge in [0, 0.05) is 32.4 Å². The molecule has 1 N–H and O–H groups in total. The fraction of sp³-hybridized carbons (Fsp3) is 0.727. The number of ether oxygens (including phenoxy) is 1. The fourth-order valence-electron chi connectivity index (χ4n) is 5.00. The van der Waals surface area contributed by atoms with E-state index in [9.17, 15) is 14.4 Å². The third kappa shape index (κ3) is 4.91. The number of fused-ring (bicyclic) bond motifs is 1. The first-order valence-corrected chi connectivity index (χ1v) is 12.0. The van der Waals surface area contributed by atoms with Crippen LogP contribution in [0.25, 0.3) is 0 Å². The topological polar surface area (TPSA) is 88.6 Å². The number of morpholine rings is 1. The van der Waals surface area contributed by atoms with Gasteiger partial charge in [0.15, 0.2) is 10.9 Å². The first-order valence-electron chi connectivity index (χ1n) is 11.2. The number of carbonyl (C=O) groups is 3. The van der Waals surface area contributed by atoms with E-state index in [2.05, 4.69) is 10.3 Å². The molecule has 1 aliphatic heterocycles. The van der Waals surface area contributed by atoms with Gasteiger partial charge < -0.3 is 15.0 Å². The van der Waals surface area contributed by atoms with Crippen molar-refractivity contribution in [1.29, 1.82) is 0 Å². The summed E-state index contributed by atoms with van der Waals surface area (Å²) >= 11 is 1.25. The van der Waals surface area contributed by atoms with E-state index in [0.717, 1.165) is 12.8 Å². The maximum Gasteiger partial charge on any atom is 0.226 e. The van der Waals surface area contributed by atoms with Crippen LogP contribution in [0, 0.1) is 11.8 Å². The monoisotopic (exact) mass is 433 g/mol. The molecule has 1 saturated heterocycles. The summed E-state index contributed by atoms with van der Waals surface area (Å²) in [6.07, 6.45) is 7.08. The largest absolute Gasteiger partial charge is 0.372 e. The molecule has 164 valence electrons. The third-order valence-corrected chi connectivity index (χ3v) is 7.40. The number of anilines is 1. The van der Waals surface area contributed by atoms with Gasteiger partial charge in [-0.15, -0.1) is 0 Å². The average Bonchev–Trinajstić information content (AvgIpc) is 3.10. The van der Waals surface area contributed by atoms with Crippen LogP contribution < -0.4 is 5.32 Å². The van der Waals surface area contributed by atoms with Gasteiger partial charge in [-0.1, -0.05) is 30.6 Å². The molecule has 2 heterocycles. The molecule has 0 bridgehead atoms. The first-order chi connectivity index (χ1) is 14.4. The van der Waals surface area contributed by atoms with Gasteiger partial charge in [-0.3, -0.25) is 14.4 Å². The molecule has 2 fully saturated rings. The molecule has 2 amide bonds. The number of Topliss-reactive ketones (excluding diaryl/α,β-unsaturated/α-hetero) is 1. The van der Waals surface area contributed by atoms with Gasteiger partial charge in [0.2, 0.25) is 11.8 Å². The molecular formula is C22H31N3O4S. The molecule has 0 unspecified atom stereocenters. The molecule has 2 aliphatic carbocycles. The summed E-state index contributed by atoms with van der Waals surface area (Å²) in [7, 11) is 0. The Hall–Kier alpha value is -1.80. The number of aromatic nitrogens is 1. The Balaban J connectivity index is 1.38. The van der Waals surface area contributed by atoms with Gasteiger partial charge in [-0.25, -0.2) is 4.98 Å². The van der Waals surface area contributed by atoms with Gasteiger partial charge in [0.1, 0.15) is 0 Å². The van der Waals surface area contributed by atoms with Crippen LogP contribution in [0.15, 0.2) is 0 Å². The highest BCUT2D eigenvalue weighted by atomic mass is 32.1. The maximum absolute atomic E-state index is 13.0. The van der Waals surface area contributed by atoms with Crippen molar-refractivity contribution in [2.45, 2.75) is 77.4 Å². The highest BCUT2D eigenvalue weighted by Crippen LogP contribution is 2.34. The van der Waals surface area contributed by atoms with Gasteiger partial charge in [-0.05, 0) is 32.6 Å². The average molecular weight is 434 g/mol. The van der Waals surface area contributed by atoms with Crippen molar-refractivity contribution >= 4 is 34.1 Å². The zero-order chi connectivity index (χ0) is 21.3. The number of amides is 2. The molecule has 1 saturated carbocycles. The van der Waals surface area contributed by atoms with E-state index < -0.39 is 0 Å².